The Labute approximate surface area is 596 Å². The van der Waals surface area contributed by atoms with Gasteiger partial charge >= 0.3 is 30.9 Å². The Kier molecular flexibility index (Phi) is 22.0. The molecule has 105 heavy (non-hydrogen) atoms. The Morgan fingerprint density at radius 3 is 1.22 bits per heavy atom. The Morgan fingerprint density at radius 1 is 0.343 bits per heavy atom. The van der Waals surface area contributed by atoms with Crippen LogP contribution in [0.4, 0.5) is 94.3 Å². The average Bonchev–Trinajstić information content (AvgIpc) is 0.825. The molecule has 0 radical (unpaired) electrons. The Bertz CT molecular complexity index is 4610. The molecule has 11 nitrogen and oxygen atoms in total. The van der Waals surface area contributed by atoms with Crippen LogP contribution in [0.5, 0.6) is 5.75 Å². The van der Waals surface area contributed by atoms with E-state index in [9.17, 15) is 85.0 Å². The number of aromatic nitrogens is 1. The van der Waals surface area contributed by atoms with Crippen LogP contribution < -0.4 is 36.9 Å². The maximum Gasteiger partial charge on any atom is 0.416 e. The first kappa shape index (κ1) is 74.8. The standard InChI is InChI=1S/C16H10F3NO.C16H12F3NS.C15H11F3N2O.C15H10F3NO2.C15H10F3NOS/c2*17-16(18,19)13-5-1-10(2-6-13)11-3-7-14-12(9-11)4-8-15(21)20-14;16-15(17,18)11-4-1-9(2-5-11)10-3-6-12-13(7-10)19-8-14(21)20-12;2*16-15(17,18)11-4-1-9(2-5-11)10-3-6-12-13(7-10)21-8-14(20)19-12/h1-9H,(H,20,21);1-3,5-7,9H,4,8H2,(H,20,21);1-7,19H,8H2,(H,20,21);2*1-7H,8H2,(H,19,20). The minimum atomic E-state index is -4.35. The normalized spacial score (nSPS) is 13.8. The van der Waals surface area contributed by atoms with Crippen LogP contribution in [0.1, 0.15) is 39.8 Å². The maximum absolute atomic E-state index is 12.6. The van der Waals surface area contributed by atoms with E-state index in [1.807, 2.05) is 30.3 Å². The third-order valence-electron chi connectivity index (χ3n) is 16.4. The number of rotatable bonds is 5. The van der Waals surface area contributed by atoms with Crippen molar-refractivity contribution < 1.29 is 85.0 Å². The zero-order chi connectivity index (χ0) is 75.2. The molecule has 1 aromatic heterocycles. The molecule has 4 aliphatic heterocycles. The van der Waals surface area contributed by atoms with Crippen molar-refractivity contribution in [2.45, 2.75) is 48.6 Å². The molecule has 5 heterocycles. The number of thiocarbonyl (C=S) groups is 1. The largest absolute Gasteiger partial charge is 0.482 e. The lowest BCUT2D eigenvalue weighted by Gasteiger charge is -2.19. The summed E-state index contributed by atoms with van der Waals surface area (Å²) in [6.07, 6.45) is -20.0. The fraction of sp³-hybridized carbons (Fsp3) is 0.130. The van der Waals surface area contributed by atoms with Crippen LogP contribution in [0.25, 0.3) is 66.5 Å². The Balaban J connectivity index is 0.000000131. The van der Waals surface area contributed by atoms with Crippen molar-refractivity contribution in [3.8, 4) is 61.4 Å². The topological polar surface area (TPSA) is 153 Å². The number of hydrogen-bond donors (Lipinski definition) is 6. The Hall–Kier alpha value is -11.4. The summed E-state index contributed by atoms with van der Waals surface area (Å²) in [7, 11) is 0. The Morgan fingerprint density at radius 2 is 0.733 bits per heavy atom. The monoisotopic (exact) mass is 1490 g/mol. The SMILES string of the molecule is FC(F)(F)c1ccc(-c2ccc3c(c2)CCC(=S)N3)cc1.O=C1CNc2cc(-c3ccc(C(F)(F)F)cc3)ccc2N1.O=C1COc2cc(-c3ccc(C(F)(F)F)cc3)ccc2N1.O=C1CSc2cc(-c3ccc(C(F)(F)F)cc3)ccc2N1.O=c1ccc2cc(-c3ccc(C(F)(F)F)cc3)ccc2[nH]1. The molecule has 11 aromatic rings. The number of halogens is 15. The summed E-state index contributed by atoms with van der Waals surface area (Å²) in [6.45, 7) is 0.118. The molecule has 0 spiro atoms. The lowest BCUT2D eigenvalue weighted by Crippen LogP contribution is -2.27. The zero-order valence-corrected chi connectivity index (χ0v) is 55.6. The number of alkyl halides is 15. The summed E-state index contributed by atoms with van der Waals surface area (Å²) in [5.41, 5.74) is 9.58. The first-order valence-corrected chi connectivity index (χ1v) is 32.8. The van der Waals surface area contributed by atoms with E-state index in [1.165, 1.54) is 78.5 Å². The molecule has 0 aliphatic carbocycles. The van der Waals surface area contributed by atoms with Crippen molar-refractivity contribution in [2.24, 2.45) is 0 Å². The molecule has 538 valence electrons. The van der Waals surface area contributed by atoms with Crippen LogP contribution >= 0.6 is 24.0 Å². The summed E-state index contributed by atoms with van der Waals surface area (Å²) < 4.78 is 193. The van der Waals surface area contributed by atoms with E-state index < -0.39 is 58.7 Å². The maximum atomic E-state index is 12.6. The van der Waals surface area contributed by atoms with Crippen LogP contribution in [0.3, 0.4) is 0 Å². The van der Waals surface area contributed by atoms with Gasteiger partial charge in [-0.1, -0.05) is 103 Å². The second-order valence-corrected chi connectivity index (χ2v) is 25.2. The molecule has 4 aliphatic rings. The highest BCUT2D eigenvalue weighted by atomic mass is 32.2. The predicted molar refractivity (Wildman–Crippen MR) is 378 cm³/mol. The van der Waals surface area contributed by atoms with E-state index in [4.69, 9.17) is 17.0 Å². The number of aromatic amines is 1. The number of thioether (sulfide) groups is 1. The summed E-state index contributed by atoms with van der Waals surface area (Å²) in [5.74, 6) is 0.458. The fourth-order valence-electron chi connectivity index (χ4n) is 11.0. The third-order valence-corrected chi connectivity index (χ3v) is 17.8. The number of fused-ring (bicyclic) bond motifs is 5. The van der Waals surface area contributed by atoms with Crippen LogP contribution in [0.15, 0.2) is 234 Å². The molecule has 0 bridgehead atoms. The van der Waals surface area contributed by atoms with Gasteiger partial charge in [0.15, 0.2) is 6.61 Å². The minimum absolute atomic E-state index is 0.0465. The van der Waals surface area contributed by atoms with Gasteiger partial charge < -0.3 is 36.3 Å². The van der Waals surface area contributed by atoms with Crippen LogP contribution in [-0.2, 0) is 51.7 Å². The molecule has 10 aromatic carbocycles. The van der Waals surface area contributed by atoms with Crippen LogP contribution in [0, 0.1) is 0 Å². The molecule has 0 unspecified atom stereocenters. The van der Waals surface area contributed by atoms with Crippen molar-refractivity contribution in [1.82, 2.24) is 4.98 Å². The van der Waals surface area contributed by atoms with Gasteiger partial charge in [0.1, 0.15) is 5.75 Å². The average molecular weight is 1490 g/mol. The van der Waals surface area contributed by atoms with Crippen molar-refractivity contribution >= 4 is 86.0 Å². The molecule has 28 heteroatoms. The number of aryl methyl sites for hydroxylation is 1. The lowest BCUT2D eigenvalue weighted by atomic mass is 9.97. The highest BCUT2D eigenvalue weighted by Gasteiger charge is 2.34. The van der Waals surface area contributed by atoms with E-state index in [0.29, 0.717) is 50.6 Å². The first-order valence-electron chi connectivity index (χ1n) is 31.4. The molecule has 3 amide bonds. The van der Waals surface area contributed by atoms with Crippen molar-refractivity contribution in [3.63, 3.8) is 0 Å². The number of H-pyrrole nitrogens is 1. The van der Waals surface area contributed by atoms with Gasteiger partial charge in [0.2, 0.25) is 17.4 Å². The van der Waals surface area contributed by atoms with Gasteiger partial charge in [-0.3, -0.25) is 19.2 Å². The second-order valence-electron chi connectivity index (χ2n) is 23.7. The molecule has 6 N–H and O–H groups in total. The van der Waals surface area contributed by atoms with Gasteiger partial charge in [-0.05, 0) is 200 Å². The van der Waals surface area contributed by atoms with E-state index in [-0.39, 0.29) is 36.4 Å². The quantitative estimate of drug-likeness (QED) is 0.0730. The molecule has 0 saturated carbocycles. The van der Waals surface area contributed by atoms with E-state index >= 15 is 0 Å². The van der Waals surface area contributed by atoms with E-state index in [0.717, 1.165) is 145 Å². The minimum Gasteiger partial charge on any atom is -0.482 e. The highest BCUT2D eigenvalue weighted by molar-refractivity contribution is 8.00. The lowest BCUT2D eigenvalue weighted by molar-refractivity contribution is -0.138. The summed E-state index contributed by atoms with van der Waals surface area (Å²) >= 11 is 6.56. The van der Waals surface area contributed by atoms with Gasteiger partial charge in [0, 0.05) is 28.6 Å². The molecule has 0 saturated heterocycles. The number of anilines is 5. The zero-order valence-electron chi connectivity index (χ0n) is 53.9. The molecular weight excluding hydrogens is 1440 g/mol. The highest BCUT2D eigenvalue weighted by Crippen LogP contribution is 2.41. The number of carbonyl (C=O) groups is 3. The summed E-state index contributed by atoms with van der Waals surface area (Å²) in [6, 6.07) is 55.2. The summed E-state index contributed by atoms with van der Waals surface area (Å²) in [4.78, 5) is 49.3. The number of carbonyl (C=O) groups excluding carboxylic acids is 3. The second kappa shape index (κ2) is 30.9. The van der Waals surface area contributed by atoms with E-state index in [2.05, 4.69) is 31.6 Å². The van der Waals surface area contributed by atoms with Gasteiger partial charge in [-0.15, -0.1) is 11.8 Å². The summed E-state index contributed by atoms with van der Waals surface area (Å²) in [5, 5.41) is 15.1. The first-order chi connectivity index (χ1) is 49.7. The number of ether oxygens (including phenoxy) is 1. The van der Waals surface area contributed by atoms with Gasteiger partial charge in [-0.2, -0.15) is 65.9 Å². The third kappa shape index (κ3) is 19.3. The molecule has 0 atom stereocenters. The molecule has 0 fully saturated rings. The van der Waals surface area contributed by atoms with Crippen LogP contribution in [0.2, 0.25) is 0 Å². The van der Waals surface area contributed by atoms with Crippen LogP contribution in [-0.4, -0.2) is 46.6 Å². The fourth-order valence-corrected chi connectivity index (χ4v) is 12.1. The van der Waals surface area contributed by atoms with Gasteiger partial charge in [0.25, 0.3) is 5.91 Å². The van der Waals surface area contributed by atoms with Gasteiger partial charge in [0.05, 0.1) is 67.9 Å². The molecular formula is C77H53F15N6O5S2. The predicted octanol–water partition coefficient (Wildman–Crippen LogP) is 21.1. The number of pyridine rings is 1. The molecule has 15 rings (SSSR count). The number of amides is 3. The van der Waals surface area contributed by atoms with Crippen molar-refractivity contribution in [2.75, 3.05) is 45.5 Å². The van der Waals surface area contributed by atoms with Crippen molar-refractivity contribution in [1.29, 1.82) is 0 Å². The van der Waals surface area contributed by atoms with Gasteiger partial charge in [-0.25, -0.2) is 0 Å². The van der Waals surface area contributed by atoms with Crippen molar-refractivity contribution in [3.05, 3.63) is 268 Å². The number of hydrogen-bond acceptors (Lipinski definition) is 8. The van der Waals surface area contributed by atoms with E-state index in [1.54, 1.807) is 66.7 Å². The number of benzene rings is 10. The smallest absolute Gasteiger partial charge is 0.416 e. The number of nitrogens with one attached hydrogen (secondary N) is 6.